The number of carbonyl (C=O) groups excluding carboxylic acids is 2. The molecule has 0 bridgehead atoms. The van der Waals surface area contributed by atoms with Gasteiger partial charge in [-0.15, -0.1) is 0 Å². The molecular formula is C41H49NO7. The Bertz CT molecular complexity index is 1740. The molecule has 1 atom stereocenters. The van der Waals surface area contributed by atoms with E-state index >= 15 is 0 Å². The number of nitrogens with zero attached hydrogens (tertiary/aromatic N) is 1. The molecule has 6 rings (SSSR count). The Morgan fingerprint density at radius 1 is 0.755 bits per heavy atom. The summed E-state index contributed by atoms with van der Waals surface area (Å²) in [5.74, 6) is 2.22. The first-order valence-electron chi connectivity index (χ1n) is 17.5. The number of piperidine rings is 1. The van der Waals surface area contributed by atoms with E-state index in [0.717, 1.165) is 46.6 Å². The third-order valence-corrected chi connectivity index (χ3v) is 9.35. The molecule has 3 aromatic carbocycles. The predicted octanol–water partition coefficient (Wildman–Crippen LogP) is 8.46. The maximum absolute atomic E-state index is 12.7. The number of esters is 2. The average molecular weight is 668 g/mol. The molecule has 8 heteroatoms. The van der Waals surface area contributed by atoms with Crippen molar-refractivity contribution in [2.24, 2.45) is 10.8 Å². The molecule has 1 saturated heterocycles. The fraction of sp³-hybridized carbons (Fsp3) is 0.463. The molecule has 0 aliphatic carbocycles. The van der Waals surface area contributed by atoms with E-state index in [0.29, 0.717) is 29.6 Å². The van der Waals surface area contributed by atoms with E-state index < -0.39 is 16.4 Å². The summed E-state index contributed by atoms with van der Waals surface area (Å²) in [6.07, 6.45) is 4.90. The van der Waals surface area contributed by atoms with Crippen LogP contribution in [0.2, 0.25) is 0 Å². The Labute approximate surface area is 290 Å². The second-order valence-corrected chi connectivity index (χ2v) is 15.5. The van der Waals surface area contributed by atoms with Crippen LogP contribution in [0.4, 0.5) is 0 Å². The fourth-order valence-corrected chi connectivity index (χ4v) is 6.46. The first-order chi connectivity index (χ1) is 23.2. The third kappa shape index (κ3) is 7.49. The SMILES string of the molecule is CC(C)(C)C(=O)Oc1ccc2c(c1)OC(C)(c1ccc(OCCCN3CCCCC3)cc1)C1=C2COc2cc(OC(=O)C(C)(C)C)ccc21. The summed E-state index contributed by atoms with van der Waals surface area (Å²) < 4.78 is 30.9. The van der Waals surface area contributed by atoms with Gasteiger partial charge in [-0.05, 0) is 123 Å². The lowest BCUT2D eigenvalue weighted by molar-refractivity contribution is -0.143. The van der Waals surface area contributed by atoms with Crippen LogP contribution in [0.3, 0.4) is 0 Å². The Morgan fingerprint density at radius 3 is 1.94 bits per heavy atom. The summed E-state index contributed by atoms with van der Waals surface area (Å²) in [6, 6.07) is 19.1. The van der Waals surface area contributed by atoms with Gasteiger partial charge >= 0.3 is 11.9 Å². The number of carbonyl (C=O) groups is 2. The first kappa shape index (κ1) is 34.6. The molecule has 1 unspecified atom stereocenters. The van der Waals surface area contributed by atoms with Crippen LogP contribution >= 0.6 is 0 Å². The number of hydrogen-bond acceptors (Lipinski definition) is 8. The van der Waals surface area contributed by atoms with Gasteiger partial charge in [0.25, 0.3) is 0 Å². The molecule has 0 spiro atoms. The van der Waals surface area contributed by atoms with Crippen molar-refractivity contribution in [3.63, 3.8) is 0 Å². The summed E-state index contributed by atoms with van der Waals surface area (Å²) in [5, 5.41) is 0. The molecule has 3 aliphatic heterocycles. The van der Waals surface area contributed by atoms with Crippen molar-refractivity contribution in [2.75, 3.05) is 32.8 Å². The zero-order valence-electron chi connectivity index (χ0n) is 29.9. The molecular weight excluding hydrogens is 618 g/mol. The summed E-state index contributed by atoms with van der Waals surface area (Å²) in [5.41, 5.74) is 2.35. The second kappa shape index (κ2) is 13.5. The maximum atomic E-state index is 12.7. The molecule has 0 aromatic heterocycles. The van der Waals surface area contributed by atoms with Crippen LogP contribution < -0.4 is 23.7 Å². The van der Waals surface area contributed by atoms with Gasteiger partial charge in [-0.1, -0.05) is 18.6 Å². The Hall–Kier alpha value is -4.30. The summed E-state index contributed by atoms with van der Waals surface area (Å²) in [4.78, 5) is 27.9. The minimum Gasteiger partial charge on any atom is -0.494 e. The van der Waals surface area contributed by atoms with E-state index in [9.17, 15) is 9.59 Å². The predicted molar refractivity (Wildman–Crippen MR) is 190 cm³/mol. The molecule has 0 N–H and O–H groups in total. The van der Waals surface area contributed by atoms with E-state index in [1.165, 1.54) is 32.4 Å². The van der Waals surface area contributed by atoms with Crippen LogP contribution in [0.5, 0.6) is 28.7 Å². The Balaban J connectivity index is 1.32. The van der Waals surface area contributed by atoms with Crippen molar-refractivity contribution in [1.29, 1.82) is 0 Å². The van der Waals surface area contributed by atoms with Gasteiger partial charge in [0.1, 0.15) is 35.4 Å². The molecule has 3 aromatic rings. The Kier molecular flexibility index (Phi) is 9.55. The van der Waals surface area contributed by atoms with Crippen LogP contribution in [0.25, 0.3) is 11.1 Å². The van der Waals surface area contributed by atoms with Crippen LogP contribution in [0.15, 0.2) is 60.7 Å². The maximum Gasteiger partial charge on any atom is 0.316 e. The van der Waals surface area contributed by atoms with E-state index in [-0.39, 0.29) is 18.5 Å². The highest BCUT2D eigenvalue weighted by molar-refractivity contribution is 6.01. The number of benzene rings is 3. The lowest BCUT2D eigenvalue weighted by Gasteiger charge is -2.42. The number of rotatable bonds is 8. The molecule has 0 saturated carbocycles. The topological polar surface area (TPSA) is 83.5 Å². The van der Waals surface area contributed by atoms with E-state index in [1.54, 1.807) is 24.3 Å². The monoisotopic (exact) mass is 667 g/mol. The highest BCUT2D eigenvalue weighted by atomic mass is 16.5. The molecule has 0 amide bonds. The van der Waals surface area contributed by atoms with Crippen molar-refractivity contribution in [2.45, 2.75) is 79.8 Å². The summed E-state index contributed by atoms with van der Waals surface area (Å²) >= 11 is 0. The molecule has 3 heterocycles. The quantitative estimate of drug-likeness (QED) is 0.134. The van der Waals surface area contributed by atoms with Gasteiger partial charge in [0.15, 0.2) is 5.60 Å². The van der Waals surface area contributed by atoms with Gasteiger partial charge in [-0.25, -0.2) is 0 Å². The van der Waals surface area contributed by atoms with Crippen LogP contribution in [-0.2, 0) is 15.2 Å². The summed E-state index contributed by atoms with van der Waals surface area (Å²) in [6.45, 7) is 17.4. The van der Waals surface area contributed by atoms with Crippen LogP contribution in [0.1, 0.15) is 90.8 Å². The van der Waals surface area contributed by atoms with Gasteiger partial charge in [0, 0.05) is 41.0 Å². The molecule has 8 nitrogen and oxygen atoms in total. The van der Waals surface area contributed by atoms with Gasteiger partial charge in [-0.3, -0.25) is 9.59 Å². The zero-order valence-corrected chi connectivity index (χ0v) is 29.9. The van der Waals surface area contributed by atoms with Crippen LogP contribution in [-0.4, -0.2) is 49.7 Å². The lowest BCUT2D eigenvalue weighted by atomic mass is 9.76. The van der Waals surface area contributed by atoms with Crippen molar-refractivity contribution in [3.05, 3.63) is 77.4 Å². The zero-order chi connectivity index (χ0) is 35.0. The largest absolute Gasteiger partial charge is 0.494 e. The molecule has 260 valence electrons. The normalized spacial score (nSPS) is 19.1. The average Bonchev–Trinajstić information content (AvgIpc) is 3.06. The second-order valence-electron chi connectivity index (χ2n) is 15.5. The van der Waals surface area contributed by atoms with Crippen molar-refractivity contribution >= 4 is 23.1 Å². The van der Waals surface area contributed by atoms with Gasteiger partial charge in [-0.2, -0.15) is 0 Å². The van der Waals surface area contributed by atoms with E-state index in [4.69, 9.17) is 23.7 Å². The number of hydrogen-bond donors (Lipinski definition) is 0. The number of fused-ring (bicyclic) bond motifs is 4. The van der Waals surface area contributed by atoms with Crippen molar-refractivity contribution in [3.8, 4) is 28.7 Å². The van der Waals surface area contributed by atoms with Crippen molar-refractivity contribution in [1.82, 2.24) is 4.90 Å². The van der Waals surface area contributed by atoms with Gasteiger partial charge in [0.2, 0.25) is 0 Å². The molecule has 3 aliphatic rings. The third-order valence-electron chi connectivity index (χ3n) is 9.35. The minimum absolute atomic E-state index is 0.282. The number of likely N-dealkylation sites (tertiary alicyclic amines) is 1. The number of ether oxygens (including phenoxy) is 5. The molecule has 0 radical (unpaired) electrons. The smallest absolute Gasteiger partial charge is 0.316 e. The minimum atomic E-state index is -0.941. The highest BCUT2D eigenvalue weighted by Gasteiger charge is 2.44. The van der Waals surface area contributed by atoms with Gasteiger partial charge in [0.05, 0.1) is 17.4 Å². The summed E-state index contributed by atoms with van der Waals surface area (Å²) in [7, 11) is 0. The van der Waals surface area contributed by atoms with E-state index in [1.807, 2.05) is 77.9 Å². The van der Waals surface area contributed by atoms with Gasteiger partial charge < -0.3 is 28.6 Å². The fourth-order valence-electron chi connectivity index (χ4n) is 6.46. The molecule has 1 fully saturated rings. The van der Waals surface area contributed by atoms with E-state index in [2.05, 4.69) is 11.8 Å². The van der Waals surface area contributed by atoms with Crippen LogP contribution in [0, 0.1) is 10.8 Å². The lowest BCUT2D eigenvalue weighted by Crippen LogP contribution is -2.37. The standard InChI is InChI=1S/C41H49NO7/c1-39(2,3)37(43)47-29-17-19-32-34(24-29)46-26-33-31-18-16-30(48-38(44)40(4,5)6)25-35(31)49-41(7,36(32)33)27-12-14-28(15-13-27)45-23-11-22-42-20-9-8-10-21-42/h12-19,24-25H,8-11,20-23,26H2,1-7H3. The Morgan fingerprint density at radius 2 is 1.33 bits per heavy atom. The molecule has 49 heavy (non-hydrogen) atoms. The first-order valence-corrected chi connectivity index (χ1v) is 17.5. The van der Waals surface area contributed by atoms with Crippen molar-refractivity contribution < 1.29 is 33.3 Å². The highest BCUT2D eigenvalue weighted by Crippen LogP contribution is 2.55.